The van der Waals surface area contributed by atoms with Gasteiger partial charge in [-0.25, -0.2) is 0 Å². The fraction of sp³-hybridized carbons (Fsp3) is 0.375. The molecule has 1 aromatic heterocycles. The van der Waals surface area contributed by atoms with Gasteiger partial charge in [-0.1, -0.05) is 12.1 Å². The maximum absolute atomic E-state index is 5.48. The van der Waals surface area contributed by atoms with Crippen molar-refractivity contribution in [1.82, 2.24) is 14.7 Å². The Hall–Kier alpha value is -1.88. The monoisotopic (exact) mass is 302 g/mol. The molecule has 0 atom stereocenters. The Kier molecular flexibility index (Phi) is 4.96. The fourth-order valence-corrected chi connectivity index (χ4v) is 2.25. The third-order valence-electron chi connectivity index (χ3n) is 3.61. The van der Waals surface area contributed by atoms with Gasteiger partial charge in [0.2, 0.25) is 0 Å². The largest absolute Gasteiger partial charge is 0.346 e. The van der Waals surface area contributed by atoms with Crippen molar-refractivity contribution >= 4 is 23.0 Å². The third-order valence-corrected chi connectivity index (χ3v) is 4.03. The number of nitrogens with zero attached hydrogens (tertiary/aromatic N) is 3. The van der Waals surface area contributed by atoms with Crippen molar-refractivity contribution in [3.8, 4) is 0 Å². The van der Waals surface area contributed by atoms with E-state index in [1.807, 2.05) is 41.0 Å². The molecule has 0 amide bonds. The summed E-state index contributed by atoms with van der Waals surface area (Å²) in [5.74, 6) is 0. The lowest BCUT2D eigenvalue weighted by atomic mass is 10.1. The summed E-state index contributed by atoms with van der Waals surface area (Å²) < 4.78 is 1.92. The molecular formula is C16H22N4S. The smallest absolute Gasteiger partial charge is 0.173 e. The van der Waals surface area contributed by atoms with Gasteiger partial charge in [-0.15, -0.1) is 0 Å². The topological polar surface area (TPSA) is 33.1 Å². The van der Waals surface area contributed by atoms with Crippen LogP contribution in [-0.2, 0) is 13.1 Å². The molecular weight excluding hydrogens is 280 g/mol. The second kappa shape index (κ2) is 6.72. The van der Waals surface area contributed by atoms with Gasteiger partial charge in [-0.05, 0) is 56.2 Å². The van der Waals surface area contributed by atoms with E-state index in [2.05, 4.69) is 37.3 Å². The lowest BCUT2D eigenvalue weighted by Gasteiger charge is -2.21. The Morgan fingerprint density at radius 1 is 1.33 bits per heavy atom. The van der Waals surface area contributed by atoms with Gasteiger partial charge < -0.3 is 10.2 Å². The Morgan fingerprint density at radius 3 is 2.76 bits per heavy atom. The summed E-state index contributed by atoms with van der Waals surface area (Å²) in [6.07, 6.45) is 1.99. The summed E-state index contributed by atoms with van der Waals surface area (Å²) in [5, 5.41) is 8.50. The standard InChI is InChI=1S/C16H22N4S/c1-5-20-10-9-14(18-20)11-19(4)16(21)17-15-8-6-7-12(2)13(15)3/h6-10H,5,11H2,1-4H3,(H,17,21). The molecule has 0 saturated heterocycles. The summed E-state index contributed by atoms with van der Waals surface area (Å²) in [6.45, 7) is 7.86. The van der Waals surface area contributed by atoms with Gasteiger partial charge in [0.25, 0.3) is 0 Å². The molecule has 1 N–H and O–H groups in total. The molecule has 0 radical (unpaired) electrons. The Morgan fingerprint density at radius 2 is 2.10 bits per heavy atom. The normalized spacial score (nSPS) is 10.5. The molecule has 0 saturated carbocycles. The summed E-state index contributed by atoms with van der Waals surface area (Å²) in [6, 6.07) is 8.22. The molecule has 0 bridgehead atoms. The van der Waals surface area contributed by atoms with E-state index in [1.54, 1.807) is 0 Å². The van der Waals surface area contributed by atoms with E-state index in [9.17, 15) is 0 Å². The van der Waals surface area contributed by atoms with Crippen LogP contribution in [0.2, 0.25) is 0 Å². The molecule has 21 heavy (non-hydrogen) atoms. The summed E-state index contributed by atoms with van der Waals surface area (Å²) >= 11 is 5.48. The second-order valence-corrected chi connectivity index (χ2v) is 5.58. The van der Waals surface area contributed by atoms with Crippen LogP contribution in [0.5, 0.6) is 0 Å². The molecule has 2 aromatic rings. The molecule has 112 valence electrons. The quantitative estimate of drug-likeness (QED) is 0.878. The van der Waals surface area contributed by atoms with Crippen LogP contribution in [0.1, 0.15) is 23.7 Å². The average Bonchev–Trinajstić information content (AvgIpc) is 2.91. The van der Waals surface area contributed by atoms with Gasteiger partial charge in [0.05, 0.1) is 12.2 Å². The second-order valence-electron chi connectivity index (χ2n) is 5.20. The highest BCUT2D eigenvalue weighted by Gasteiger charge is 2.09. The van der Waals surface area contributed by atoms with Crippen molar-refractivity contribution in [3.05, 3.63) is 47.3 Å². The van der Waals surface area contributed by atoms with E-state index >= 15 is 0 Å². The zero-order chi connectivity index (χ0) is 15.4. The van der Waals surface area contributed by atoms with Crippen LogP contribution in [-0.4, -0.2) is 26.8 Å². The van der Waals surface area contributed by atoms with Crippen molar-refractivity contribution in [2.45, 2.75) is 33.9 Å². The van der Waals surface area contributed by atoms with Crippen molar-refractivity contribution in [2.24, 2.45) is 0 Å². The first kappa shape index (κ1) is 15.5. The van der Waals surface area contributed by atoms with Crippen molar-refractivity contribution < 1.29 is 0 Å². The van der Waals surface area contributed by atoms with Crippen LogP contribution in [0.3, 0.4) is 0 Å². The lowest BCUT2D eigenvalue weighted by molar-refractivity contribution is 0.492. The van der Waals surface area contributed by atoms with Crippen LogP contribution in [0.4, 0.5) is 5.69 Å². The molecule has 5 heteroatoms. The lowest BCUT2D eigenvalue weighted by Crippen LogP contribution is -2.31. The van der Waals surface area contributed by atoms with E-state index in [4.69, 9.17) is 12.2 Å². The zero-order valence-electron chi connectivity index (χ0n) is 13.1. The molecule has 0 aliphatic rings. The van der Waals surface area contributed by atoms with E-state index in [1.165, 1.54) is 11.1 Å². The molecule has 4 nitrogen and oxygen atoms in total. The molecule has 0 aliphatic heterocycles. The first-order valence-corrected chi connectivity index (χ1v) is 7.52. The van der Waals surface area contributed by atoms with E-state index in [0.717, 1.165) is 17.9 Å². The number of anilines is 1. The zero-order valence-corrected chi connectivity index (χ0v) is 13.9. The van der Waals surface area contributed by atoms with Crippen LogP contribution in [0.15, 0.2) is 30.5 Å². The predicted molar refractivity (Wildman–Crippen MR) is 91.5 cm³/mol. The third kappa shape index (κ3) is 3.82. The molecule has 0 aliphatic carbocycles. The molecule has 1 heterocycles. The van der Waals surface area contributed by atoms with Crippen LogP contribution < -0.4 is 5.32 Å². The van der Waals surface area contributed by atoms with Gasteiger partial charge in [0, 0.05) is 25.5 Å². The summed E-state index contributed by atoms with van der Waals surface area (Å²) in [4.78, 5) is 2.00. The minimum atomic E-state index is 0.698. The van der Waals surface area contributed by atoms with Gasteiger partial charge in [0.15, 0.2) is 5.11 Å². The average molecular weight is 302 g/mol. The molecule has 0 unspecified atom stereocenters. The van der Waals surface area contributed by atoms with Gasteiger partial charge in [-0.2, -0.15) is 5.10 Å². The highest BCUT2D eigenvalue weighted by molar-refractivity contribution is 7.80. The number of hydrogen-bond donors (Lipinski definition) is 1. The van der Waals surface area contributed by atoms with Crippen molar-refractivity contribution in [3.63, 3.8) is 0 Å². The Bertz CT molecular complexity index is 633. The molecule has 0 spiro atoms. The predicted octanol–water partition coefficient (Wildman–Crippen LogP) is 3.35. The fourth-order valence-electron chi connectivity index (χ4n) is 2.08. The number of nitrogens with one attached hydrogen (secondary N) is 1. The van der Waals surface area contributed by atoms with Crippen LogP contribution in [0.25, 0.3) is 0 Å². The highest BCUT2D eigenvalue weighted by atomic mass is 32.1. The van der Waals surface area contributed by atoms with E-state index < -0.39 is 0 Å². The van der Waals surface area contributed by atoms with Crippen molar-refractivity contribution in [2.75, 3.05) is 12.4 Å². The number of benzene rings is 1. The maximum Gasteiger partial charge on any atom is 0.173 e. The minimum Gasteiger partial charge on any atom is -0.346 e. The molecule has 0 fully saturated rings. The Labute approximate surface area is 131 Å². The summed E-state index contributed by atoms with van der Waals surface area (Å²) in [5.41, 5.74) is 4.56. The minimum absolute atomic E-state index is 0.698. The van der Waals surface area contributed by atoms with Gasteiger partial charge >= 0.3 is 0 Å². The first-order chi connectivity index (χ1) is 10.0. The maximum atomic E-state index is 5.48. The number of aromatic nitrogens is 2. The van der Waals surface area contributed by atoms with E-state index in [0.29, 0.717) is 11.7 Å². The SMILES string of the molecule is CCn1ccc(CN(C)C(=S)Nc2cccc(C)c2C)n1. The number of rotatable bonds is 4. The van der Waals surface area contributed by atoms with Crippen LogP contribution in [0, 0.1) is 13.8 Å². The number of thiocarbonyl (C=S) groups is 1. The Balaban J connectivity index is 2.00. The summed E-state index contributed by atoms with van der Waals surface area (Å²) in [7, 11) is 1.98. The molecule has 2 rings (SSSR count). The highest BCUT2D eigenvalue weighted by Crippen LogP contribution is 2.18. The number of hydrogen-bond acceptors (Lipinski definition) is 2. The van der Waals surface area contributed by atoms with Gasteiger partial charge in [0.1, 0.15) is 0 Å². The van der Waals surface area contributed by atoms with E-state index in [-0.39, 0.29) is 0 Å². The van der Waals surface area contributed by atoms with Crippen molar-refractivity contribution in [1.29, 1.82) is 0 Å². The van der Waals surface area contributed by atoms with Crippen LogP contribution >= 0.6 is 12.2 Å². The number of aryl methyl sites for hydroxylation is 2. The molecule has 1 aromatic carbocycles. The first-order valence-electron chi connectivity index (χ1n) is 7.12. The van der Waals surface area contributed by atoms with Gasteiger partial charge in [-0.3, -0.25) is 4.68 Å².